The molecule has 1 aromatic rings. The van der Waals surface area contributed by atoms with E-state index in [0.29, 0.717) is 11.1 Å². The molecule has 0 amide bonds. The summed E-state index contributed by atoms with van der Waals surface area (Å²) in [6.45, 7) is 3.30. The summed E-state index contributed by atoms with van der Waals surface area (Å²) in [4.78, 5) is 0. The van der Waals surface area contributed by atoms with Crippen molar-refractivity contribution in [3.05, 3.63) is 29.1 Å². The molecule has 12 heavy (non-hydrogen) atoms. The molecule has 1 rings (SSSR count). The minimum absolute atomic E-state index is 0.0592. The van der Waals surface area contributed by atoms with Crippen LogP contribution >= 0.6 is 0 Å². The molecule has 0 aliphatic carbocycles. The largest absolute Gasteiger partial charge is 0.508 e. The molecule has 0 aromatic heterocycles. The van der Waals surface area contributed by atoms with Crippen LogP contribution in [-0.4, -0.2) is 5.11 Å². The third-order valence-electron chi connectivity index (χ3n) is 1.80. The van der Waals surface area contributed by atoms with Crippen LogP contribution in [0.5, 0.6) is 5.75 Å². The second kappa shape index (κ2) is 3.11. The lowest BCUT2D eigenvalue weighted by Crippen LogP contribution is -2.06. The molecule has 0 bridgehead atoms. The number of hydrogen-bond acceptors (Lipinski definition) is 2. The van der Waals surface area contributed by atoms with Gasteiger partial charge in [-0.25, -0.2) is 4.39 Å². The van der Waals surface area contributed by atoms with Gasteiger partial charge in [-0.15, -0.1) is 0 Å². The highest BCUT2D eigenvalue weighted by Gasteiger charge is 2.09. The summed E-state index contributed by atoms with van der Waals surface area (Å²) in [6.07, 6.45) is 0. The number of nitrogens with two attached hydrogens (primary N) is 1. The number of hydrogen-bond donors (Lipinski definition) is 2. The Morgan fingerprint density at radius 3 is 2.58 bits per heavy atom. The van der Waals surface area contributed by atoms with Gasteiger partial charge in [-0.2, -0.15) is 0 Å². The van der Waals surface area contributed by atoms with E-state index in [1.54, 1.807) is 13.8 Å². The van der Waals surface area contributed by atoms with E-state index in [9.17, 15) is 9.50 Å². The maximum atomic E-state index is 13.0. The summed E-state index contributed by atoms with van der Waals surface area (Å²) >= 11 is 0. The quantitative estimate of drug-likeness (QED) is 0.674. The molecular weight excluding hydrogens is 157 g/mol. The summed E-state index contributed by atoms with van der Waals surface area (Å²) in [5.74, 6) is -0.274. The highest BCUT2D eigenvalue weighted by Crippen LogP contribution is 2.25. The van der Waals surface area contributed by atoms with Gasteiger partial charge in [-0.3, -0.25) is 0 Å². The monoisotopic (exact) mass is 169 g/mol. The predicted molar refractivity (Wildman–Crippen MR) is 45.4 cm³/mol. The summed E-state index contributed by atoms with van der Waals surface area (Å²) in [5, 5.41) is 9.34. The summed E-state index contributed by atoms with van der Waals surface area (Å²) < 4.78 is 13.0. The number of phenolic OH excluding ortho intramolecular Hbond substituents is 1. The summed E-state index contributed by atoms with van der Waals surface area (Å²) in [6, 6.07) is 2.31. The van der Waals surface area contributed by atoms with Crippen LogP contribution in [0.25, 0.3) is 0 Å². The molecule has 3 heteroatoms. The van der Waals surface area contributed by atoms with Crippen LogP contribution in [0.4, 0.5) is 4.39 Å². The minimum atomic E-state index is -0.347. The molecule has 0 unspecified atom stereocenters. The van der Waals surface area contributed by atoms with E-state index in [0.717, 1.165) is 0 Å². The van der Waals surface area contributed by atoms with Gasteiger partial charge in [0.1, 0.15) is 11.6 Å². The van der Waals surface area contributed by atoms with Gasteiger partial charge in [0.05, 0.1) is 0 Å². The maximum absolute atomic E-state index is 13.0. The standard InChI is InChI=1S/C9H12FNO/c1-5-3-9(12)7(6(2)11)4-8(5)10/h3-4,6,12H,11H2,1-2H3/t6-/m0/s1. The zero-order valence-electron chi connectivity index (χ0n) is 7.13. The lowest BCUT2D eigenvalue weighted by Gasteiger charge is -2.09. The molecule has 0 aliphatic rings. The van der Waals surface area contributed by atoms with Crippen molar-refractivity contribution in [3.8, 4) is 5.75 Å². The smallest absolute Gasteiger partial charge is 0.126 e. The van der Waals surface area contributed by atoms with Crippen molar-refractivity contribution >= 4 is 0 Å². The van der Waals surface area contributed by atoms with Crippen molar-refractivity contribution in [2.45, 2.75) is 19.9 Å². The number of benzene rings is 1. The van der Waals surface area contributed by atoms with Crippen LogP contribution in [0.15, 0.2) is 12.1 Å². The first kappa shape index (κ1) is 9.00. The summed E-state index contributed by atoms with van der Waals surface area (Å²) in [7, 11) is 0. The van der Waals surface area contributed by atoms with Crippen LogP contribution in [0.2, 0.25) is 0 Å². The van der Waals surface area contributed by atoms with E-state index >= 15 is 0 Å². The molecular formula is C9H12FNO. The topological polar surface area (TPSA) is 46.2 Å². The second-order valence-corrected chi connectivity index (χ2v) is 2.95. The average Bonchev–Trinajstić information content (AvgIpc) is 1.96. The van der Waals surface area contributed by atoms with E-state index in [1.807, 2.05) is 0 Å². The second-order valence-electron chi connectivity index (χ2n) is 2.95. The number of rotatable bonds is 1. The highest BCUT2D eigenvalue weighted by molar-refractivity contribution is 5.38. The Kier molecular flexibility index (Phi) is 2.33. The van der Waals surface area contributed by atoms with Crippen LogP contribution in [0.1, 0.15) is 24.1 Å². The Hall–Kier alpha value is -1.09. The lowest BCUT2D eigenvalue weighted by atomic mass is 10.1. The molecule has 0 saturated heterocycles. The van der Waals surface area contributed by atoms with Crippen molar-refractivity contribution in [3.63, 3.8) is 0 Å². The van der Waals surface area contributed by atoms with Gasteiger partial charge in [0.25, 0.3) is 0 Å². The Labute approximate surface area is 70.8 Å². The van der Waals surface area contributed by atoms with E-state index in [4.69, 9.17) is 5.73 Å². The molecule has 66 valence electrons. The molecule has 0 radical (unpaired) electrons. The Bertz CT molecular complexity index is 297. The Morgan fingerprint density at radius 2 is 2.08 bits per heavy atom. The predicted octanol–water partition coefficient (Wildman–Crippen LogP) is 1.86. The van der Waals surface area contributed by atoms with Crippen LogP contribution < -0.4 is 5.73 Å². The fourth-order valence-electron chi connectivity index (χ4n) is 1.05. The number of halogens is 1. The van der Waals surface area contributed by atoms with Gasteiger partial charge in [0, 0.05) is 11.6 Å². The fraction of sp³-hybridized carbons (Fsp3) is 0.333. The fourth-order valence-corrected chi connectivity index (χ4v) is 1.05. The van der Waals surface area contributed by atoms with Crippen LogP contribution in [0.3, 0.4) is 0 Å². The first-order valence-corrected chi connectivity index (χ1v) is 3.77. The molecule has 2 nitrogen and oxygen atoms in total. The minimum Gasteiger partial charge on any atom is -0.508 e. The first-order valence-electron chi connectivity index (χ1n) is 3.77. The van der Waals surface area contributed by atoms with E-state index < -0.39 is 0 Å². The van der Waals surface area contributed by atoms with Gasteiger partial charge < -0.3 is 10.8 Å². The van der Waals surface area contributed by atoms with E-state index in [-0.39, 0.29) is 17.6 Å². The van der Waals surface area contributed by atoms with Gasteiger partial charge in [-0.1, -0.05) is 0 Å². The Morgan fingerprint density at radius 1 is 1.50 bits per heavy atom. The van der Waals surface area contributed by atoms with Crippen molar-refractivity contribution in [1.82, 2.24) is 0 Å². The average molecular weight is 169 g/mol. The molecule has 0 fully saturated rings. The molecule has 3 N–H and O–H groups in total. The third-order valence-corrected chi connectivity index (χ3v) is 1.80. The molecule has 0 spiro atoms. The zero-order chi connectivity index (χ0) is 9.30. The van der Waals surface area contributed by atoms with Crippen molar-refractivity contribution in [1.29, 1.82) is 0 Å². The van der Waals surface area contributed by atoms with Gasteiger partial charge in [0.2, 0.25) is 0 Å². The Balaban J connectivity index is 3.23. The molecule has 0 aliphatic heterocycles. The number of phenols is 1. The number of aromatic hydroxyl groups is 1. The molecule has 0 saturated carbocycles. The highest BCUT2D eigenvalue weighted by atomic mass is 19.1. The van der Waals surface area contributed by atoms with Crippen molar-refractivity contribution < 1.29 is 9.50 Å². The molecule has 0 heterocycles. The normalized spacial score (nSPS) is 13.0. The zero-order valence-corrected chi connectivity index (χ0v) is 7.13. The maximum Gasteiger partial charge on any atom is 0.126 e. The molecule has 1 aromatic carbocycles. The first-order chi connectivity index (χ1) is 5.52. The van der Waals surface area contributed by atoms with E-state index in [1.165, 1.54) is 12.1 Å². The summed E-state index contributed by atoms with van der Waals surface area (Å²) in [5.41, 5.74) is 6.38. The van der Waals surface area contributed by atoms with Gasteiger partial charge in [0.15, 0.2) is 0 Å². The van der Waals surface area contributed by atoms with Gasteiger partial charge >= 0.3 is 0 Å². The van der Waals surface area contributed by atoms with Gasteiger partial charge in [-0.05, 0) is 31.5 Å². The van der Waals surface area contributed by atoms with Crippen molar-refractivity contribution in [2.24, 2.45) is 5.73 Å². The van der Waals surface area contributed by atoms with E-state index in [2.05, 4.69) is 0 Å². The van der Waals surface area contributed by atoms with Crippen molar-refractivity contribution in [2.75, 3.05) is 0 Å². The lowest BCUT2D eigenvalue weighted by molar-refractivity contribution is 0.460. The SMILES string of the molecule is Cc1cc(O)c([C@H](C)N)cc1F. The van der Waals surface area contributed by atoms with Crippen LogP contribution in [0, 0.1) is 12.7 Å². The van der Waals surface area contributed by atoms with Crippen LogP contribution in [-0.2, 0) is 0 Å². The molecule has 1 atom stereocenters. The third kappa shape index (κ3) is 1.56. The number of aryl methyl sites for hydroxylation is 1.